The topological polar surface area (TPSA) is 84.2 Å². The van der Waals surface area contributed by atoms with Crippen LogP contribution >= 0.6 is 11.8 Å². The van der Waals surface area contributed by atoms with E-state index >= 15 is 0 Å². The second-order valence-electron chi connectivity index (χ2n) is 4.69. The van der Waals surface area contributed by atoms with Crippen molar-refractivity contribution in [3.63, 3.8) is 0 Å². The Morgan fingerprint density at radius 2 is 2.10 bits per heavy atom. The van der Waals surface area contributed by atoms with Gasteiger partial charge in [0.2, 0.25) is 5.91 Å². The molecular weight excluding hydrogens is 278 g/mol. The molecule has 0 radical (unpaired) electrons. The zero-order chi connectivity index (χ0) is 15.3. The fraction of sp³-hybridized carbons (Fsp3) is 0.615. The van der Waals surface area contributed by atoms with Gasteiger partial charge in [0.15, 0.2) is 0 Å². The molecule has 7 heteroatoms. The zero-order valence-corrected chi connectivity index (χ0v) is 13.1. The van der Waals surface area contributed by atoms with E-state index in [1.165, 1.54) is 0 Å². The molecule has 6 nitrogen and oxygen atoms in total. The molecule has 0 fully saturated rings. The Bertz CT molecular complexity index is 499. The van der Waals surface area contributed by atoms with Crippen LogP contribution in [0.5, 0.6) is 0 Å². The van der Waals surface area contributed by atoms with Crippen LogP contribution in [0.2, 0.25) is 0 Å². The standard InChI is InChI=1S/C13H21N3O3S/c1-8-10(9(2)16(3)15-8)7-12(17)14-11(13(18)19)5-6-20-4/h11H,5-7H2,1-4H3,(H,14,17)(H,18,19)/t11-/m0/s1. The predicted molar refractivity (Wildman–Crippen MR) is 79.0 cm³/mol. The third-order valence-corrected chi connectivity index (χ3v) is 3.88. The van der Waals surface area contributed by atoms with E-state index in [0.717, 1.165) is 17.0 Å². The number of carbonyl (C=O) groups excluding carboxylic acids is 1. The number of thioether (sulfide) groups is 1. The van der Waals surface area contributed by atoms with Crippen molar-refractivity contribution >= 4 is 23.6 Å². The summed E-state index contributed by atoms with van der Waals surface area (Å²) in [7, 11) is 1.82. The van der Waals surface area contributed by atoms with Crippen molar-refractivity contribution in [1.29, 1.82) is 0 Å². The second-order valence-corrected chi connectivity index (χ2v) is 5.68. The van der Waals surface area contributed by atoms with Gasteiger partial charge in [0.25, 0.3) is 0 Å². The highest BCUT2D eigenvalue weighted by Gasteiger charge is 2.21. The van der Waals surface area contributed by atoms with E-state index in [4.69, 9.17) is 5.11 Å². The third-order valence-electron chi connectivity index (χ3n) is 3.24. The molecule has 0 aromatic carbocycles. The van der Waals surface area contributed by atoms with Gasteiger partial charge < -0.3 is 10.4 Å². The number of hydrogen-bond acceptors (Lipinski definition) is 4. The number of aromatic nitrogens is 2. The molecule has 20 heavy (non-hydrogen) atoms. The fourth-order valence-electron chi connectivity index (χ4n) is 1.97. The lowest BCUT2D eigenvalue weighted by Gasteiger charge is -2.14. The summed E-state index contributed by atoms with van der Waals surface area (Å²) in [5.74, 6) is -0.577. The van der Waals surface area contributed by atoms with E-state index in [0.29, 0.717) is 12.2 Å². The molecule has 2 N–H and O–H groups in total. The fourth-order valence-corrected chi connectivity index (χ4v) is 2.44. The van der Waals surface area contributed by atoms with Crippen LogP contribution in [-0.2, 0) is 23.1 Å². The SMILES string of the molecule is CSCC[C@H](NC(=O)Cc1c(C)nn(C)c1C)C(=O)O. The minimum atomic E-state index is -0.993. The molecular formula is C13H21N3O3S. The van der Waals surface area contributed by atoms with Gasteiger partial charge in [-0.05, 0) is 32.3 Å². The summed E-state index contributed by atoms with van der Waals surface area (Å²) in [4.78, 5) is 23.1. The minimum absolute atomic E-state index is 0.161. The summed E-state index contributed by atoms with van der Waals surface area (Å²) >= 11 is 1.56. The Labute approximate surface area is 122 Å². The van der Waals surface area contributed by atoms with Gasteiger partial charge in [0.1, 0.15) is 6.04 Å². The number of aryl methyl sites for hydroxylation is 2. The van der Waals surface area contributed by atoms with Gasteiger partial charge in [-0.15, -0.1) is 0 Å². The summed E-state index contributed by atoms with van der Waals surface area (Å²) < 4.78 is 1.72. The first kappa shape index (κ1) is 16.6. The summed E-state index contributed by atoms with van der Waals surface area (Å²) in [6.45, 7) is 3.74. The van der Waals surface area contributed by atoms with Crippen LogP contribution in [-0.4, -0.2) is 44.8 Å². The smallest absolute Gasteiger partial charge is 0.326 e. The quantitative estimate of drug-likeness (QED) is 0.781. The van der Waals surface area contributed by atoms with E-state index in [9.17, 15) is 9.59 Å². The molecule has 1 rings (SSSR count). The minimum Gasteiger partial charge on any atom is -0.480 e. The molecule has 1 aromatic rings. The summed E-state index contributed by atoms with van der Waals surface area (Å²) in [6.07, 6.45) is 2.49. The predicted octanol–water partition coefficient (Wildman–Crippen LogP) is 0.902. The Morgan fingerprint density at radius 1 is 1.45 bits per heavy atom. The molecule has 112 valence electrons. The average molecular weight is 299 g/mol. The lowest BCUT2D eigenvalue weighted by molar-refractivity contribution is -0.141. The van der Waals surface area contributed by atoms with E-state index in [1.54, 1.807) is 16.4 Å². The molecule has 0 aliphatic rings. The second kappa shape index (κ2) is 7.33. The molecule has 1 atom stereocenters. The number of aliphatic carboxylic acids is 1. The summed E-state index contributed by atoms with van der Waals surface area (Å²) in [6, 6.07) is -0.827. The van der Waals surface area contributed by atoms with Gasteiger partial charge >= 0.3 is 5.97 Å². The summed E-state index contributed by atoms with van der Waals surface area (Å²) in [5.41, 5.74) is 2.59. The maximum absolute atomic E-state index is 12.0. The van der Waals surface area contributed by atoms with Crippen LogP contribution in [0.4, 0.5) is 0 Å². The number of rotatable bonds is 7. The average Bonchev–Trinajstić information content (AvgIpc) is 2.61. The van der Waals surface area contributed by atoms with Crippen LogP contribution in [0.25, 0.3) is 0 Å². The first-order valence-electron chi connectivity index (χ1n) is 6.37. The number of amides is 1. The van der Waals surface area contributed by atoms with Gasteiger partial charge in [-0.1, -0.05) is 0 Å². The molecule has 0 spiro atoms. The first-order valence-corrected chi connectivity index (χ1v) is 7.76. The van der Waals surface area contributed by atoms with Crippen LogP contribution in [0, 0.1) is 13.8 Å². The van der Waals surface area contributed by atoms with E-state index in [1.807, 2.05) is 27.2 Å². The maximum Gasteiger partial charge on any atom is 0.326 e. The highest BCUT2D eigenvalue weighted by Crippen LogP contribution is 2.12. The van der Waals surface area contributed by atoms with Crippen molar-refractivity contribution in [2.24, 2.45) is 7.05 Å². The third kappa shape index (κ3) is 4.26. The molecule has 1 aromatic heterocycles. The number of carboxylic acids is 1. The van der Waals surface area contributed by atoms with E-state index in [2.05, 4.69) is 10.4 Å². The van der Waals surface area contributed by atoms with Crippen molar-refractivity contribution < 1.29 is 14.7 Å². The van der Waals surface area contributed by atoms with Crippen molar-refractivity contribution in [3.8, 4) is 0 Å². The Hall–Kier alpha value is -1.50. The van der Waals surface area contributed by atoms with Crippen LogP contribution in [0.15, 0.2) is 0 Å². The van der Waals surface area contributed by atoms with Crippen molar-refractivity contribution in [1.82, 2.24) is 15.1 Å². The number of nitrogens with zero attached hydrogens (tertiary/aromatic N) is 2. The maximum atomic E-state index is 12.0. The lowest BCUT2D eigenvalue weighted by atomic mass is 10.1. The largest absolute Gasteiger partial charge is 0.480 e. The molecule has 1 amide bonds. The Kier molecular flexibility index (Phi) is 6.06. The Balaban J connectivity index is 2.68. The monoisotopic (exact) mass is 299 g/mol. The van der Waals surface area contributed by atoms with E-state index in [-0.39, 0.29) is 12.3 Å². The number of carboxylic acid groups (broad SMARTS) is 1. The van der Waals surface area contributed by atoms with Gasteiger partial charge in [-0.3, -0.25) is 9.48 Å². The molecule has 0 unspecified atom stereocenters. The first-order chi connectivity index (χ1) is 9.36. The number of nitrogens with one attached hydrogen (secondary N) is 1. The van der Waals surface area contributed by atoms with Crippen molar-refractivity contribution in [3.05, 3.63) is 17.0 Å². The van der Waals surface area contributed by atoms with Crippen molar-refractivity contribution in [2.75, 3.05) is 12.0 Å². The molecule has 0 saturated heterocycles. The number of carbonyl (C=O) groups is 2. The van der Waals surface area contributed by atoms with E-state index < -0.39 is 12.0 Å². The molecule has 0 aliphatic heterocycles. The molecule has 0 aliphatic carbocycles. The number of hydrogen-bond donors (Lipinski definition) is 2. The van der Waals surface area contributed by atoms with Gasteiger partial charge in [-0.2, -0.15) is 16.9 Å². The van der Waals surface area contributed by atoms with Crippen LogP contribution < -0.4 is 5.32 Å². The van der Waals surface area contributed by atoms with Crippen LogP contribution in [0.3, 0.4) is 0 Å². The van der Waals surface area contributed by atoms with Crippen molar-refractivity contribution in [2.45, 2.75) is 32.7 Å². The molecule has 1 heterocycles. The summed E-state index contributed by atoms with van der Waals surface area (Å²) in [5, 5.41) is 15.9. The van der Waals surface area contributed by atoms with Crippen LogP contribution in [0.1, 0.15) is 23.4 Å². The van der Waals surface area contributed by atoms with Gasteiger partial charge in [0, 0.05) is 18.3 Å². The normalized spacial score (nSPS) is 12.2. The highest BCUT2D eigenvalue weighted by atomic mass is 32.2. The zero-order valence-electron chi connectivity index (χ0n) is 12.3. The van der Waals surface area contributed by atoms with Gasteiger partial charge in [0.05, 0.1) is 12.1 Å². The molecule has 0 bridgehead atoms. The molecule has 0 saturated carbocycles. The Morgan fingerprint density at radius 3 is 2.55 bits per heavy atom. The lowest BCUT2D eigenvalue weighted by Crippen LogP contribution is -2.42. The van der Waals surface area contributed by atoms with Gasteiger partial charge in [-0.25, -0.2) is 4.79 Å². The highest BCUT2D eigenvalue weighted by molar-refractivity contribution is 7.98.